The molecule has 2 bridgehead atoms. The van der Waals surface area contributed by atoms with Crippen molar-refractivity contribution >= 4 is 11.6 Å². The van der Waals surface area contributed by atoms with Crippen molar-refractivity contribution in [3.05, 3.63) is 29.8 Å². The lowest BCUT2D eigenvalue weighted by Crippen LogP contribution is -2.47. The van der Waals surface area contributed by atoms with E-state index in [-0.39, 0.29) is 12.0 Å². The molecule has 3 rings (SSSR count). The Morgan fingerprint density at radius 1 is 1.35 bits per heavy atom. The molecule has 2 fully saturated rings. The van der Waals surface area contributed by atoms with E-state index in [0.717, 1.165) is 36.9 Å². The number of nitrogens with one attached hydrogen (secondary N) is 1. The van der Waals surface area contributed by atoms with Gasteiger partial charge in [0.15, 0.2) is 0 Å². The number of rotatable bonds is 3. The van der Waals surface area contributed by atoms with Gasteiger partial charge in [-0.15, -0.1) is 0 Å². The van der Waals surface area contributed by atoms with Crippen LogP contribution in [0.25, 0.3) is 0 Å². The third kappa shape index (κ3) is 2.86. The van der Waals surface area contributed by atoms with E-state index in [9.17, 15) is 9.90 Å². The normalized spacial score (nSPS) is 29.4. The lowest BCUT2D eigenvalue weighted by atomic mass is 10.00. The van der Waals surface area contributed by atoms with Gasteiger partial charge >= 0.3 is 0 Å². The Bertz CT molecular complexity index is 489. The zero-order chi connectivity index (χ0) is 14.1. The average Bonchev–Trinajstić information content (AvgIpc) is 2.62. The van der Waals surface area contributed by atoms with Gasteiger partial charge in [0.05, 0.1) is 12.6 Å². The quantitative estimate of drug-likeness (QED) is 0.885. The van der Waals surface area contributed by atoms with E-state index in [2.05, 4.69) is 10.2 Å². The minimum Gasteiger partial charge on any atom is -0.393 e. The van der Waals surface area contributed by atoms with Crippen LogP contribution in [-0.2, 0) is 4.79 Å². The number of carbonyl (C=O) groups is 1. The zero-order valence-electron chi connectivity index (χ0n) is 11.9. The summed E-state index contributed by atoms with van der Waals surface area (Å²) in [6.45, 7) is 2.46. The summed E-state index contributed by atoms with van der Waals surface area (Å²) in [5.41, 5.74) is 2.00. The molecule has 108 valence electrons. The van der Waals surface area contributed by atoms with Gasteiger partial charge in [-0.05, 0) is 50.3 Å². The number of hydrogen-bond acceptors (Lipinski definition) is 3. The molecule has 2 heterocycles. The molecule has 2 N–H and O–H groups in total. The number of piperidine rings is 1. The molecule has 2 saturated heterocycles. The van der Waals surface area contributed by atoms with E-state index in [0.29, 0.717) is 18.6 Å². The zero-order valence-corrected chi connectivity index (χ0v) is 11.9. The van der Waals surface area contributed by atoms with E-state index in [1.165, 1.54) is 0 Å². The van der Waals surface area contributed by atoms with Crippen LogP contribution in [0.2, 0.25) is 0 Å². The van der Waals surface area contributed by atoms with Gasteiger partial charge in [0, 0.05) is 17.8 Å². The standard InChI is InChI=1S/C16H22N2O2/c1-11-3-2-4-12(7-11)17-16(20)10-18-13-5-6-14(18)9-15(19)8-13/h2-4,7,13-15,19H,5-6,8-10H2,1H3,(H,17,20). The fourth-order valence-electron chi connectivity index (χ4n) is 3.59. The van der Waals surface area contributed by atoms with Crippen LogP contribution in [0.1, 0.15) is 31.2 Å². The highest BCUT2D eigenvalue weighted by molar-refractivity contribution is 5.92. The topological polar surface area (TPSA) is 52.6 Å². The van der Waals surface area contributed by atoms with Gasteiger partial charge in [0.25, 0.3) is 0 Å². The van der Waals surface area contributed by atoms with Gasteiger partial charge in [-0.3, -0.25) is 9.69 Å². The second-order valence-corrected chi connectivity index (χ2v) is 6.10. The lowest BCUT2D eigenvalue weighted by molar-refractivity contribution is -0.119. The molecule has 0 aromatic heterocycles. The number of benzene rings is 1. The smallest absolute Gasteiger partial charge is 0.238 e. The predicted octanol–water partition coefficient (Wildman–Crippen LogP) is 1.92. The van der Waals surface area contributed by atoms with Gasteiger partial charge in [-0.25, -0.2) is 0 Å². The van der Waals surface area contributed by atoms with Crippen molar-refractivity contribution in [2.75, 3.05) is 11.9 Å². The number of aliphatic hydroxyl groups excluding tert-OH is 1. The summed E-state index contributed by atoms with van der Waals surface area (Å²) in [6.07, 6.45) is 3.67. The van der Waals surface area contributed by atoms with Crippen LogP contribution in [0.15, 0.2) is 24.3 Å². The van der Waals surface area contributed by atoms with Crippen molar-refractivity contribution in [1.29, 1.82) is 0 Å². The molecule has 0 radical (unpaired) electrons. The number of carbonyl (C=O) groups excluding carboxylic acids is 1. The molecule has 0 aliphatic carbocycles. The summed E-state index contributed by atoms with van der Waals surface area (Å²) in [5, 5.41) is 12.7. The molecule has 2 aliphatic heterocycles. The number of aliphatic hydroxyl groups is 1. The van der Waals surface area contributed by atoms with Crippen LogP contribution in [0.4, 0.5) is 5.69 Å². The highest BCUT2D eigenvalue weighted by Gasteiger charge is 2.40. The Balaban J connectivity index is 1.60. The molecule has 0 saturated carbocycles. The molecule has 1 aromatic carbocycles. The molecule has 2 aliphatic rings. The molecule has 4 nitrogen and oxygen atoms in total. The number of hydrogen-bond donors (Lipinski definition) is 2. The van der Waals surface area contributed by atoms with Gasteiger partial charge in [-0.2, -0.15) is 0 Å². The first-order valence-corrected chi connectivity index (χ1v) is 7.42. The van der Waals surface area contributed by atoms with Gasteiger partial charge in [-0.1, -0.05) is 12.1 Å². The second kappa shape index (κ2) is 5.54. The molecule has 1 aromatic rings. The van der Waals surface area contributed by atoms with Crippen LogP contribution >= 0.6 is 0 Å². The van der Waals surface area contributed by atoms with Gasteiger partial charge in [0.1, 0.15) is 0 Å². The van der Waals surface area contributed by atoms with Gasteiger partial charge < -0.3 is 10.4 Å². The number of amides is 1. The summed E-state index contributed by atoms with van der Waals surface area (Å²) in [6, 6.07) is 8.62. The van der Waals surface area contributed by atoms with Gasteiger partial charge in [0.2, 0.25) is 5.91 Å². The molecule has 0 spiro atoms. The minimum atomic E-state index is -0.177. The van der Waals surface area contributed by atoms with Crippen LogP contribution in [0.3, 0.4) is 0 Å². The van der Waals surface area contributed by atoms with E-state index in [1.54, 1.807) is 0 Å². The monoisotopic (exact) mass is 274 g/mol. The summed E-state index contributed by atoms with van der Waals surface area (Å²) < 4.78 is 0. The fourth-order valence-corrected chi connectivity index (χ4v) is 3.59. The van der Waals surface area contributed by atoms with E-state index < -0.39 is 0 Å². The van der Waals surface area contributed by atoms with Crippen molar-refractivity contribution in [3.63, 3.8) is 0 Å². The SMILES string of the molecule is Cc1cccc(NC(=O)CN2C3CCC2CC(O)C3)c1. The predicted molar refractivity (Wildman–Crippen MR) is 78.6 cm³/mol. The molecule has 20 heavy (non-hydrogen) atoms. The Labute approximate surface area is 119 Å². The molecule has 4 heteroatoms. The third-order valence-corrected chi connectivity index (χ3v) is 4.49. The Morgan fingerprint density at radius 2 is 2.05 bits per heavy atom. The Hall–Kier alpha value is -1.39. The molecule has 2 unspecified atom stereocenters. The Kier molecular flexibility index (Phi) is 3.76. The Morgan fingerprint density at radius 3 is 2.70 bits per heavy atom. The summed E-state index contributed by atoms with van der Waals surface area (Å²) in [4.78, 5) is 14.5. The number of aryl methyl sites for hydroxylation is 1. The number of anilines is 1. The first kappa shape index (κ1) is 13.6. The summed E-state index contributed by atoms with van der Waals surface area (Å²) in [7, 11) is 0. The number of fused-ring (bicyclic) bond motifs is 2. The fraction of sp³-hybridized carbons (Fsp3) is 0.562. The van der Waals surface area contributed by atoms with E-state index in [1.807, 2.05) is 31.2 Å². The minimum absolute atomic E-state index is 0.0453. The first-order chi connectivity index (χ1) is 9.61. The van der Waals surface area contributed by atoms with Crippen LogP contribution in [-0.4, -0.2) is 40.6 Å². The van der Waals surface area contributed by atoms with E-state index in [4.69, 9.17) is 0 Å². The van der Waals surface area contributed by atoms with E-state index >= 15 is 0 Å². The summed E-state index contributed by atoms with van der Waals surface area (Å²) in [5.74, 6) is 0.0453. The maximum absolute atomic E-state index is 12.2. The van der Waals surface area contributed by atoms with Crippen LogP contribution in [0.5, 0.6) is 0 Å². The summed E-state index contributed by atoms with van der Waals surface area (Å²) >= 11 is 0. The van der Waals surface area contributed by atoms with Crippen molar-refractivity contribution < 1.29 is 9.90 Å². The van der Waals surface area contributed by atoms with Crippen molar-refractivity contribution in [3.8, 4) is 0 Å². The maximum atomic E-state index is 12.2. The molecule has 1 amide bonds. The van der Waals surface area contributed by atoms with Crippen LogP contribution in [0, 0.1) is 6.92 Å². The van der Waals surface area contributed by atoms with Crippen molar-refractivity contribution in [2.24, 2.45) is 0 Å². The maximum Gasteiger partial charge on any atom is 0.238 e. The highest BCUT2D eigenvalue weighted by atomic mass is 16.3. The third-order valence-electron chi connectivity index (χ3n) is 4.49. The molecule has 2 atom stereocenters. The molecular weight excluding hydrogens is 252 g/mol. The molecular formula is C16H22N2O2. The first-order valence-electron chi connectivity index (χ1n) is 7.42. The largest absolute Gasteiger partial charge is 0.393 e. The average molecular weight is 274 g/mol. The highest BCUT2D eigenvalue weighted by Crippen LogP contribution is 2.35. The van der Waals surface area contributed by atoms with Crippen molar-refractivity contribution in [1.82, 2.24) is 4.90 Å². The lowest BCUT2D eigenvalue weighted by Gasteiger charge is -2.36. The van der Waals surface area contributed by atoms with Crippen molar-refractivity contribution in [2.45, 2.75) is 50.8 Å². The second-order valence-electron chi connectivity index (χ2n) is 6.10. The van der Waals surface area contributed by atoms with Crippen LogP contribution < -0.4 is 5.32 Å². The number of nitrogens with zero attached hydrogens (tertiary/aromatic N) is 1.